The summed E-state index contributed by atoms with van der Waals surface area (Å²) in [6.45, 7) is 3.75. The van der Waals surface area contributed by atoms with Crippen molar-refractivity contribution in [1.82, 2.24) is 4.90 Å². The number of carbonyl (C=O) groups excluding carboxylic acids is 1. The third kappa shape index (κ3) is 3.40. The Bertz CT molecular complexity index is 722. The van der Waals surface area contributed by atoms with Crippen LogP contribution in [0.15, 0.2) is 42.5 Å². The molecule has 2 heterocycles. The summed E-state index contributed by atoms with van der Waals surface area (Å²) in [7, 11) is 0. The van der Waals surface area contributed by atoms with Gasteiger partial charge in [0.05, 0.1) is 0 Å². The number of carbonyl (C=O) groups is 1. The highest BCUT2D eigenvalue weighted by Gasteiger charge is 2.20. The highest BCUT2D eigenvalue weighted by molar-refractivity contribution is 5.96. The van der Waals surface area contributed by atoms with Crippen molar-refractivity contribution in [2.75, 3.05) is 19.8 Å². The molecular weight excluding hydrogens is 326 g/mol. The zero-order chi connectivity index (χ0) is 15.6. The van der Waals surface area contributed by atoms with Crippen LogP contribution in [0.5, 0.6) is 11.5 Å². The molecule has 0 spiro atoms. The van der Waals surface area contributed by atoms with Crippen molar-refractivity contribution in [3.8, 4) is 11.5 Å². The molecule has 0 aliphatic carbocycles. The normalized spacial score (nSPS) is 15.5. The van der Waals surface area contributed by atoms with E-state index in [1.807, 2.05) is 12.1 Å². The molecule has 24 heavy (non-hydrogen) atoms. The van der Waals surface area contributed by atoms with Gasteiger partial charge in [0.25, 0.3) is 0 Å². The maximum atomic E-state index is 12.4. The van der Waals surface area contributed by atoms with Crippen LogP contribution in [-0.4, -0.2) is 30.4 Å². The van der Waals surface area contributed by atoms with Gasteiger partial charge in [0.15, 0.2) is 17.3 Å². The van der Waals surface area contributed by atoms with Crippen LogP contribution >= 0.6 is 0 Å². The monoisotopic (exact) mass is 344 g/mol. The molecule has 0 saturated heterocycles. The molecule has 0 saturated carbocycles. The van der Waals surface area contributed by atoms with E-state index in [1.54, 1.807) is 6.07 Å². The predicted molar refractivity (Wildman–Crippen MR) is 86.9 cm³/mol. The van der Waals surface area contributed by atoms with Gasteiger partial charge >= 0.3 is 0 Å². The minimum Gasteiger partial charge on any atom is -1.00 e. The number of ketones is 1. The van der Waals surface area contributed by atoms with Crippen molar-refractivity contribution >= 4 is 5.78 Å². The van der Waals surface area contributed by atoms with Crippen LogP contribution in [0.25, 0.3) is 0 Å². The zero-order valence-corrected chi connectivity index (χ0v) is 14.1. The van der Waals surface area contributed by atoms with Crippen LogP contribution in [0.1, 0.15) is 27.9 Å². The minimum atomic E-state index is 0. The van der Waals surface area contributed by atoms with Crippen molar-refractivity contribution in [2.45, 2.75) is 19.5 Å². The van der Waals surface area contributed by atoms with E-state index in [1.165, 1.54) is 11.1 Å². The van der Waals surface area contributed by atoms with Crippen molar-refractivity contribution in [2.24, 2.45) is 0 Å². The largest absolute Gasteiger partial charge is 1.00 e. The molecule has 126 valence electrons. The van der Waals surface area contributed by atoms with Crippen molar-refractivity contribution in [3.05, 3.63) is 59.2 Å². The van der Waals surface area contributed by atoms with Crippen LogP contribution in [-0.2, 0) is 13.1 Å². The fourth-order valence-corrected chi connectivity index (χ4v) is 3.18. The minimum absolute atomic E-state index is 0. The number of hydrogen-bond acceptors (Lipinski definition) is 4. The molecule has 4 rings (SSSR count). The van der Waals surface area contributed by atoms with Gasteiger partial charge in [-0.25, -0.2) is 0 Å². The molecular formula is C19H19ClNO3-. The highest BCUT2D eigenvalue weighted by Crippen LogP contribution is 2.31. The van der Waals surface area contributed by atoms with E-state index < -0.39 is 0 Å². The van der Waals surface area contributed by atoms with Gasteiger partial charge in [-0.15, -0.1) is 0 Å². The van der Waals surface area contributed by atoms with Gasteiger partial charge in [-0.2, -0.15) is 0 Å². The summed E-state index contributed by atoms with van der Waals surface area (Å²) in [4.78, 5) is 14.8. The number of hydrogen-bond donors (Lipinski definition) is 0. The first-order chi connectivity index (χ1) is 11.3. The fourth-order valence-electron chi connectivity index (χ4n) is 3.18. The first-order valence-corrected chi connectivity index (χ1v) is 8.01. The maximum absolute atomic E-state index is 12.4. The van der Waals surface area contributed by atoms with E-state index in [-0.39, 0.29) is 18.2 Å². The predicted octanol–water partition coefficient (Wildman–Crippen LogP) is 0.0504. The van der Waals surface area contributed by atoms with Crippen LogP contribution in [0.2, 0.25) is 0 Å². The molecule has 2 aliphatic rings. The second-order valence-corrected chi connectivity index (χ2v) is 6.01. The summed E-state index contributed by atoms with van der Waals surface area (Å²) in [5, 5.41) is 0. The quantitative estimate of drug-likeness (QED) is 0.735. The molecule has 2 aromatic carbocycles. The molecule has 4 nitrogen and oxygen atoms in total. The molecule has 2 aromatic rings. The lowest BCUT2D eigenvalue weighted by Crippen LogP contribution is -3.00. The third-order valence-electron chi connectivity index (χ3n) is 4.43. The van der Waals surface area contributed by atoms with Crippen LogP contribution in [0.4, 0.5) is 0 Å². The van der Waals surface area contributed by atoms with Crippen molar-refractivity contribution < 1.29 is 26.7 Å². The summed E-state index contributed by atoms with van der Waals surface area (Å²) in [5.41, 5.74) is 3.45. The Labute approximate surface area is 147 Å². The Morgan fingerprint density at radius 3 is 2.33 bits per heavy atom. The first kappa shape index (κ1) is 16.8. The standard InChI is InChI=1S/C19H19NO3.ClH/c21-17(14-5-6-18-19(11-14)23-10-9-22-18)7-8-20-12-15-3-1-2-4-16(15)13-20;/h1-6,11H,7-10,12-13H2;1H/p-1. The molecule has 0 N–H and O–H groups in total. The molecule has 2 aliphatic heterocycles. The molecule has 0 atom stereocenters. The summed E-state index contributed by atoms with van der Waals surface area (Å²) in [6, 6.07) is 13.9. The second-order valence-electron chi connectivity index (χ2n) is 6.01. The average Bonchev–Trinajstić information content (AvgIpc) is 3.02. The SMILES string of the molecule is O=C(CCN1Cc2ccccc2C1)c1ccc2c(c1)OCCO2.[Cl-]. The zero-order valence-electron chi connectivity index (χ0n) is 13.3. The fraction of sp³-hybridized carbons (Fsp3) is 0.316. The number of ether oxygens (including phenoxy) is 2. The van der Waals surface area contributed by atoms with Gasteiger partial charge in [-0.05, 0) is 29.3 Å². The average molecular weight is 345 g/mol. The molecule has 0 bridgehead atoms. The number of benzene rings is 2. The van der Waals surface area contributed by atoms with Crippen molar-refractivity contribution in [3.63, 3.8) is 0 Å². The Balaban J connectivity index is 0.00000169. The van der Waals surface area contributed by atoms with Gasteiger partial charge < -0.3 is 21.9 Å². The smallest absolute Gasteiger partial charge is 0.164 e. The van der Waals surface area contributed by atoms with Gasteiger partial charge in [0.2, 0.25) is 0 Å². The maximum Gasteiger partial charge on any atom is 0.164 e. The Hall–Kier alpha value is -2.04. The van der Waals surface area contributed by atoms with E-state index in [9.17, 15) is 4.79 Å². The summed E-state index contributed by atoms with van der Waals surface area (Å²) >= 11 is 0. The van der Waals surface area contributed by atoms with E-state index in [2.05, 4.69) is 29.2 Å². The lowest BCUT2D eigenvalue weighted by atomic mass is 10.1. The topological polar surface area (TPSA) is 38.8 Å². The lowest BCUT2D eigenvalue weighted by Gasteiger charge is -2.19. The van der Waals surface area contributed by atoms with Crippen LogP contribution in [0.3, 0.4) is 0 Å². The van der Waals surface area contributed by atoms with E-state index in [0.717, 1.165) is 25.4 Å². The number of fused-ring (bicyclic) bond motifs is 2. The number of halogens is 1. The van der Waals surface area contributed by atoms with Crippen LogP contribution < -0.4 is 21.9 Å². The first-order valence-electron chi connectivity index (χ1n) is 8.01. The number of rotatable bonds is 4. The second kappa shape index (κ2) is 7.24. The number of nitrogens with zero attached hydrogens (tertiary/aromatic N) is 1. The Kier molecular flexibility index (Phi) is 5.07. The van der Waals surface area contributed by atoms with E-state index >= 15 is 0 Å². The Morgan fingerprint density at radius 1 is 0.958 bits per heavy atom. The molecule has 0 aromatic heterocycles. The van der Waals surface area contributed by atoms with Crippen LogP contribution in [0, 0.1) is 0 Å². The summed E-state index contributed by atoms with van der Waals surface area (Å²) < 4.78 is 11.0. The molecule has 0 unspecified atom stereocenters. The Morgan fingerprint density at radius 2 is 1.62 bits per heavy atom. The molecule has 5 heteroatoms. The van der Waals surface area contributed by atoms with Crippen molar-refractivity contribution in [1.29, 1.82) is 0 Å². The third-order valence-corrected chi connectivity index (χ3v) is 4.43. The number of Topliss-reactive ketones (excluding diaryl/α,β-unsaturated/α-hetero) is 1. The highest BCUT2D eigenvalue weighted by atomic mass is 35.5. The van der Waals surface area contributed by atoms with Gasteiger partial charge in [0, 0.05) is 31.6 Å². The van der Waals surface area contributed by atoms with Gasteiger partial charge in [-0.1, -0.05) is 24.3 Å². The summed E-state index contributed by atoms with van der Waals surface area (Å²) in [5.74, 6) is 1.55. The molecule has 0 amide bonds. The molecule has 0 fully saturated rings. The molecule has 0 radical (unpaired) electrons. The van der Waals surface area contributed by atoms with Gasteiger partial charge in [0.1, 0.15) is 13.2 Å². The van der Waals surface area contributed by atoms with E-state index in [4.69, 9.17) is 9.47 Å². The summed E-state index contributed by atoms with van der Waals surface area (Å²) in [6.07, 6.45) is 0.521. The lowest BCUT2D eigenvalue weighted by molar-refractivity contribution is -0.0000131. The van der Waals surface area contributed by atoms with Gasteiger partial charge in [-0.3, -0.25) is 9.69 Å². The van der Waals surface area contributed by atoms with E-state index in [0.29, 0.717) is 30.9 Å².